The minimum atomic E-state index is -0.814. The molecule has 0 spiro atoms. The lowest BCUT2D eigenvalue weighted by Crippen LogP contribution is -2.24. The second-order valence-corrected chi connectivity index (χ2v) is 4.90. The first-order valence-corrected chi connectivity index (χ1v) is 5.95. The van der Waals surface area contributed by atoms with E-state index in [0.29, 0.717) is 12.0 Å². The molecular weight excluding hydrogens is 219 g/mol. The summed E-state index contributed by atoms with van der Waals surface area (Å²) in [4.78, 5) is 0. The van der Waals surface area contributed by atoms with Crippen LogP contribution in [0.2, 0.25) is 0 Å². The topological polar surface area (TPSA) is 40.5 Å². The van der Waals surface area contributed by atoms with Gasteiger partial charge in [-0.1, -0.05) is 13.0 Å². The molecule has 0 aromatic heterocycles. The highest BCUT2D eigenvalue weighted by atomic mass is 19.1. The monoisotopic (exact) mass is 240 g/mol. The van der Waals surface area contributed by atoms with E-state index >= 15 is 0 Å². The highest BCUT2D eigenvalue weighted by molar-refractivity contribution is 5.33. The van der Waals surface area contributed by atoms with E-state index in [1.54, 1.807) is 0 Å². The molecule has 0 aliphatic carbocycles. The third-order valence-corrected chi connectivity index (χ3v) is 3.30. The molecule has 2 N–H and O–H groups in total. The van der Waals surface area contributed by atoms with Gasteiger partial charge in [-0.2, -0.15) is 0 Å². The van der Waals surface area contributed by atoms with Gasteiger partial charge in [0.25, 0.3) is 0 Å². The quantitative estimate of drug-likeness (QED) is 0.849. The molecule has 2 nitrogen and oxygen atoms in total. The molecule has 96 valence electrons. The number of aliphatic hydroxyl groups is 2. The van der Waals surface area contributed by atoms with Crippen molar-refractivity contribution in [2.75, 3.05) is 0 Å². The van der Waals surface area contributed by atoms with Gasteiger partial charge in [0, 0.05) is 0 Å². The molecule has 0 amide bonds. The standard InChI is InChI=1S/C14H21FO2/c1-8-5-12(13(15)6-9(8)2)10(3)7-14(17)11(4)16/h5-6,10-11,14,16-17H,7H2,1-4H3. The van der Waals surface area contributed by atoms with Crippen LogP contribution in [0.4, 0.5) is 4.39 Å². The van der Waals surface area contributed by atoms with Gasteiger partial charge in [0.2, 0.25) is 0 Å². The van der Waals surface area contributed by atoms with Gasteiger partial charge in [-0.25, -0.2) is 4.39 Å². The van der Waals surface area contributed by atoms with E-state index in [-0.39, 0.29) is 11.7 Å². The maximum absolute atomic E-state index is 13.8. The summed E-state index contributed by atoms with van der Waals surface area (Å²) in [5.74, 6) is -0.350. The van der Waals surface area contributed by atoms with Crippen LogP contribution in [0.15, 0.2) is 12.1 Å². The minimum absolute atomic E-state index is 0.112. The number of hydrogen-bond acceptors (Lipinski definition) is 2. The molecule has 0 fully saturated rings. The predicted octanol–water partition coefficient (Wildman–Crippen LogP) is 2.68. The van der Waals surface area contributed by atoms with E-state index in [9.17, 15) is 14.6 Å². The van der Waals surface area contributed by atoms with E-state index in [4.69, 9.17) is 0 Å². The summed E-state index contributed by atoms with van der Waals surface area (Å²) in [6.07, 6.45) is -1.24. The van der Waals surface area contributed by atoms with E-state index in [0.717, 1.165) is 11.1 Å². The lowest BCUT2D eigenvalue weighted by molar-refractivity contribution is 0.0225. The molecule has 3 unspecified atom stereocenters. The summed E-state index contributed by atoms with van der Waals surface area (Å²) in [7, 11) is 0. The van der Waals surface area contributed by atoms with Gasteiger partial charge >= 0.3 is 0 Å². The molecule has 1 aromatic rings. The van der Waals surface area contributed by atoms with Crippen molar-refractivity contribution in [1.82, 2.24) is 0 Å². The van der Waals surface area contributed by atoms with Crippen molar-refractivity contribution in [3.63, 3.8) is 0 Å². The molecule has 0 saturated carbocycles. The Bertz CT molecular complexity index is 388. The average Bonchev–Trinajstić information content (AvgIpc) is 2.22. The first-order chi connectivity index (χ1) is 7.82. The Labute approximate surface area is 102 Å². The predicted molar refractivity (Wildman–Crippen MR) is 66.6 cm³/mol. The van der Waals surface area contributed by atoms with Crippen LogP contribution in [0.5, 0.6) is 0 Å². The average molecular weight is 240 g/mol. The van der Waals surface area contributed by atoms with E-state index in [2.05, 4.69) is 0 Å². The number of aliphatic hydroxyl groups excluding tert-OH is 2. The summed E-state index contributed by atoms with van der Waals surface area (Å²) >= 11 is 0. The molecule has 3 heteroatoms. The van der Waals surface area contributed by atoms with Crippen molar-refractivity contribution in [3.8, 4) is 0 Å². The zero-order valence-electron chi connectivity index (χ0n) is 10.9. The summed E-state index contributed by atoms with van der Waals surface area (Å²) < 4.78 is 13.8. The molecule has 1 rings (SSSR count). The van der Waals surface area contributed by atoms with Gasteiger partial charge in [0.1, 0.15) is 5.82 Å². The number of benzene rings is 1. The molecule has 0 aliphatic heterocycles. The fourth-order valence-electron chi connectivity index (χ4n) is 1.87. The zero-order chi connectivity index (χ0) is 13.2. The molecule has 0 radical (unpaired) electrons. The molecule has 1 aromatic carbocycles. The fraction of sp³-hybridized carbons (Fsp3) is 0.571. The maximum atomic E-state index is 13.8. The molecule has 17 heavy (non-hydrogen) atoms. The van der Waals surface area contributed by atoms with Crippen molar-refractivity contribution in [2.24, 2.45) is 0 Å². The molecular formula is C14H21FO2. The number of rotatable bonds is 4. The Morgan fingerprint density at radius 2 is 1.65 bits per heavy atom. The third-order valence-electron chi connectivity index (χ3n) is 3.30. The maximum Gasteiger partial charge on any atom is 0.126 e. The van der Waals surface area contributed by atoms with Gasteiger partial charge in [0.05, 0.1) is 12.2 Å². The van der Waals surface area contributed by atoms with Gasteiger partial charge in [-0.3, -0.25) is 0 Å². The number of halogens is 1. The molecule has 0 bridgehead atoms. The SMILES string of the molecule is Cc1cc(F)c(C(C)CC(O)C(C)O)cc1C. The van der Waals surface area contributed by atoms with Crippen LogP contribution >= 0.6 is 0 Å². The third kappa shape index (κ3) is 3.51. The van der Waals surface area contributed by atoms with Crippen molar-refractivity contribution in [3.05, 3.63) is 34.6 Å². The molecule has 0 saturated heterocycles. The van der Waals surface area contributed by atoms with Crippen LogP contribution in [0.3, 0.4) is 0 Å². The van der Waals surface area contributed by atoms with Gasteiger partial charge in [-0.05, 0) is 55.9 Å². The Balaban J connectivity index is 2.89. The normalized spacial score (nSPS) is 16.6. The summed E-state index contributed by atoms with van der Waals surface area (Å²) in [5, 5.41) is 18.8. The summed E-state index contributed by atoms with van der Waals surface area (Å²) in [5.41, 5.74) is 2.57. The van der Waals surface area contributed by atoms with Gasteiger partial charge in [-0.15, -0.1) is 0 Å². The largest absolute Gasteiger partial charge is 0.391 e. The van der Waals surface area contributed by atoms with Crippen molar-refractivity contribution in [1.29, 1.82) is 0 Å². The Morgan fingerprint density at radius 3 is 2.18 bits per heavy atom. The van der Waals surface area contributed by atoms with Crippen molar-refractivity contribution < 1.29 is 14.6 Å². The summed E-state index contributed by atoms with van der Waals surface area (Å²) in [6.45, 7) is 7.21. The summed E-state index contributed by atoms with van der Waals surface area (Å²) in [6, 6.07) is 3.35. The van der Waals surface area contributed by atoms with Crippen LogP contribution in [-0.2, 0) is 0 Å². The lowest BCUT2D eigenvalue weighted by atomic mass is 9.91. The van der Waals surface area contributed by atoms with Crippen LogP contribution in [0.25, 0.3) is 0 Å². The van der Waals surface area contributed by atoms with E-state index in [1.807, 2.05) is 26.8 Å². The Kier molecular flexibility index (Phi) is 4.66. The number of hydrogen-bond donors (Lipinski definition) is 2. The van der Waals surface area contributed by atoms with Crippen molar-refractivity contribution in [2.45, 2.75) is 52.2 Å². The van der Waals surface area contributed by atoms with E-state index in [1.165, 1.54) is 13.0 Å². The molecule has 0 heterocycles. The Hall–Kier alpha value is -0.930. The fourth-order valence-corrected chi connectivity index (χ4v) is 1.87. The van der Waals surface area contributed by atoms with Crippen LogP contribution < -0.4 is 0 Å². The number of aryl methyl sites for hydroxylation is 2. The van der Waals surface area contributed by atoms with Gasteiger partial charge < -0.3 is 10.2 Å². The molecule has 3 atom stereocenters. The minimum Gasteiger partial charge on any atom is -0.391 e. The second-order valence-electron chi connectivity index (χ2n) is 4.90. The highest BCUT2D eigenvalue weighted by Crippen LogP contribution is 2.26. The van der Waals surface area contributed by atoms with Crippen molar-refractivity contribution >= 4 is 0 Å². The highest BCUT2D eigenvalue weighted by Gasteiger charge is 2.19. The zero-order valence-corrected chi connectivity index (χ0v) is 10.9. The smallest absolute Gasteiger partial charge is 0.126 e. The molecule has 0 aliphatic rings. The van der Waals surface area contributed by atoms with Crippen LogP contribution in [0.1, 0.15) is 42.9 Å². The second kappa shape index (κ2) is 5.61. The van der Waals surface area contributed by atoms with E-state index < -0.39 is 12.2 Å². The first-order valence-electron chi connectivity index (χ1n) is 5.95. The van der Waals surface area contributed by atoms with Crippen LogP contribution in [-0.4, -0.2) is 22.4 Å². The van der Waals surface area contributed by atoms with Crippen LogP contribution in [0, 0.1) is 19.7 Å². The van der Waals surface area contributed by atoms with Gasteiger partial charge in [0.15, 0.2) is 0 Å². The first kappa shape index (κ1) is 14.1. The Morgan fingerprint density at radius 1 is 1.12 bits per heavy atom. The lowest BCUT2D eigenvalue weighted by Gasteiger charge is -2.20.